The van der Waals surface area contributed by atoms with Gasteiger partial charge in [0.15, 0.2) is 0 Å². The molecule has 0 heterocycles. The highest BCUT2D eigenvalue weighted by Gasteiger charge is 2.65. The zero-order chi connectivity index (χ0) is 14.6. The van der Waals surface area contributed by atoms with Crippen LogP contribution in [0.3, 0.4) is 0 Å². The van der Waals surface area contributed by atoms with Crippen LogP contribution in [-0.2, 0) is 22.4 Å². The second-order valence-corrected chi connectivity index (χ2v) is 8.62. The number of hydrogen-bond donors (Lipinski definition) is 2. The smallest absolute Gasteiger partial charge is 0.216 e. The number of nitrogens with one attached hydrogen (secondary N) is 1. The monoisotopic (exact) mass is 307 g/mol. The molecule has 0 spiro atoms. The van der Waals surface area contributed by atoms with Gasteiger partial charge in [-0.1, -0.05) is 24.3 Å². The molecular formula is C16H21NO3S. The average molecular weight is 307 g/mol. The minimum absolute atomic E-state index is 0.00606. The Morgan fingerprint density at radius 3 is 2.48 bits per heavy atom. The summed E-state index contributed by atoms with van der Waals surface area (Å²) in [6, 6.07) is 7.35. The highest BCUT2D eigenvalue weighted by molar-refractivity contribution is 7.88. The summed E-state index contributed by atoms with van der Waals surface area (Å²) < 4.78 is 27.6. The molecule has 4 rings (SSSR count). The van der Waals surface area contributed by atoms with Gasteiger partial charge in [-0.25, -0.2) is 13.1 Å². The van der Waals surface area contributed by atoms with Gasteiger partial charge in [-0.05, 0) is 54.1 Å². The highest BCUT2D eigenvalue weighted by Crippen LogP contribution is 2.65. The van der Waals surface area contributed by atoms with E-state index >= 15 is 0 Å². The zero-order valence-electron chi connectivity index (χ0n) is 11.9. The van der Waals surface area contributed by atoms with Gasteiger partial charge in [0.25, 0.3) is 0 Å². The van der Waals surface area contributed by atoms with Crippen LogP contribution in [0.2, 0.25) is 0 Å². The van der Waals surface area contributed by atoms with Crippen molar-refractivity contribution in [3.8, 4) is 0 Å². The molecule has 0 radical (unpaired) electrons. The molecular weight excluding hydrogens is 286 g/mol. The standard InChI is InChI=1S/C16H21NO3S/c18-8-10-2-1-3-11(6-10)9-21(19,20)17-16-14-12-4-5-13(7-12)15(14)16/h1-3,6,12-18H,4-5,7-9H2. The van der Waals surface area contributed by atoms with Crippen molar-refractivity contribution in [3.63, 3.8) is 0 Å². The third-order valence-corrected chi connectivity index (χ3v) is 6.93. The summed E-state index contributed by atoms with van der Waals surface area (Å²) in [6.45, 7) is -0.0581. The first-order valence-corrected chi connectivity index (χ1v) is 9.41. The first-order valence-electron chi connectivity index (χ1n) is 7.76. The van der Waals surface area contributed by atoms with Crippen LogP contribution >= 0.6 is 0 Å². The molecule has 1 aromatic rings. The normalized spacial score (nSPS) is 36.7. The Morgan fingerprint density at radius 1 is 1.14 bits per heavy atom. The Kier molecular flexibility index (Phi) is 3.14. The van der Waals surface area contributed by atoms with E-state index in [0.29, 0.717) is 11.8 Å². The Labute approximate surface area is 125 Å². The number of benzene rings is 1. The predicted octanol–water partition coefficient (Wildman–Crippen LogP) is 1.64. The van der Waals surface area contributed by atoms with Crippen molar-refractivity contribution in [1.29, 1.82) is 0 Å². The topological polar surface area (TPSA) is 66.4 Å². The second kappa shape index (κ2) is 4.80. The van der Waals surface area contributed by atoms with E-state index in [4.69, 9.17) is 5.11 Å². The molecule has 0 amide bonds. The van der Waals surface area contributed by atoms with Gasteiger partial charge < -0.3 is 5.11 Å². The van der Waals surface area contributed by atoms with Crippen LogP contribution in [0.5, 0.6) is 0 Å². The minimum atomic E-state index is -3.29. The summed E-state index contributed by atoms with van der Waals surface area (Å²) in [4.78, 5) is 0. The largest absolute Gasteiger partial charge is 0.392 e. The number of aliphatic hydroxyl groups excluding tert-OH is 1. The summed E-state index contributed by atoms with van der Waals surface area (Å²) in [7, 11) is -3.29. The molecule has 0 aliphatic heterocycles. The molecule has 2 bridgehead atoms. The second-order valence-electron chi connectivity index (χ2n) is 6.87. The van der Waals surface area contributed by atoms with Crippen LogP contribution < -0.4 is 4.72 Å². The van der Waals surface area contributed by atoms with Crippen LogP contribution in [0.15, 0.2) is 24.3 Å². The molecule has 4 atom stereocenters. The molecule has 3 aliphatic carbocycles. The van der Waals surface area contributed by atoms with Crippen LogP contribution in [0, 0.1) is 23.7 Å². The van der Waals surface area contributed by atoms with Gasteiger partial charge in [-0.15, -0.1) is 0 Å². The zero-order valence-corrected chi connectivity index (χ0v) is 12.7. The molecule has 4 nitrogen and oxygen atoms in total. The maximum Gasteiger partial charge on any atom is 0.216 e. The number of aliphatic hydroxyl groups is 1. The van der Waals surface area contributed by atoms with Crippen molar-refractivity contribution < 1.29 is 13.5 Å². The van der Waals surface area contributed by atoms with E-state index in [9.17, 15) is 8.42 Å². The molecule has 114 valence electrons. The van der Waals surface area contributed by atoms with E-state index in [0.717, 1.165) is 23.0 Å². The number of fused-ring (bicyclic) bond motifs is 5. The third-order valence-electron chi connectivity index (χ3n) is 5.58. The van der Waals surface area contributed by atoms with Crippen molar-refractivity contribution in [2.24, 2.45) is 23.7 Å². The minimum Gasteiger partial charge on any atom is -0.392 e. The lowest BCUT2D eigenvalue weighted by Crippen LogP contribution is -2.31. The van der Waals surface area contributed by atoms with Crippen molar-refractivity contribution >= 4 is 10.0 Å². The molecule has 2 N–H and O–H groups in total. The lowest BCUT2D eigenvalue weighted by Gasteiger charge is -2.11. The van der Waals surface area contributed by atoms with Crippen molar-refractivity contribution in [2.45, 2.75) is 37.7 Å². The SMILES string of the molecule is O=S(=O)(Cc1cccc(CO)c1)NC1C2C3CCC(C3)C12. The number of sulfonamides is 1. The van der Waals surface area contributed by atoms with E-state index in [1.54, 1.807) is 24.3 Å². The molecule has 0 aromatic heterocycles. The van der Waals surface area contributed by atoms with Gasteiger partial charge in [-0.2, -0.15) is 0 Å². The van der Waals surface area contributed by atoms with E-state index in [1.807, 2.05) is 0 Å². The lowest BCUT2D eigenvalue weighted by molar-refractivity contribution is 0.282. The van der Waals surface area contributed by atoms with E-state index in [1.165, 1.54) is 19.3 Å². The van der Waals surface area contributed by atoms with Crippen LogP contribution in [0.25, 0.3) is 0 Å². The van der Waals surface area contributed by atoms with Gasteiger partial charge in [-0.3, -0.25) is 0 Å². The molecule has 1 aromatic carbocycles. The molecule has 5 heteroatoms. The van der Waals surface area contributed by atoms with Crippen molar-refractivity contribution in [3.05, 3.63) is 35.4 Å². The summed E-state index contributed by atoms with van der Waals surface area (Å²) >= 11 is 0. The molecule has 3 fully saturated rings. The Bertz CT molecular complexity index is 641. The Hall–Kier alpha value is -0.910. The summed E-state index contributed by atoms with van der Waals surface area (Å²) in [5.74, 6) is 2.77. The van der Waals surface area contributed by atoms with Gasteiger partial charge in [0.2, 0.25) is 10.0 Å². The summed E-state index contributed by atoms with van der Waals surface area (Å²) in [6.07, 6.45) is 3.91. The quantitative estimate of drug-likeness (QED) is 0.869. The highest BCUT2D eigenvalue weighted by atomic mass is 32.2. The summed E-state index contributed by atoms with van der Waals surface area (Å²) in [5.41, 5.74) is 1.49. The predicted molar refractivity (Wildman–Crippen MR) is 79.7 cm³/mol. The molecule has 0 saturated heterocycles. The molecule has 21 heavy (non-hydrogen) atoms. The first-order chi connectivity index (χ1) is 10.1. The fourth-order valence-electron chi connectivity index (χ4n) is 4.77. The Balaban J connectivity index is 1.43. The van der Waals surface area contributed by atoms with E-state index in [2.05, 4.69) is 4.72 Å². The van der Waals surface area contributed by atoms with Gasteiger partial charge in [0.05, 0.1) is 12.4 Å². The summed E-state index contributed by atoms with van der Waals surface area (Å²) in [5, 5.41) is 9.12. The van der Waals surface area contributed by atoms with E-state index < -0.39 is 10.0 Å². The van der Waals surface area contributed by atoms with Crippen molar-refractivity contribution in [2.75, 3.05) is 0 Å². The fourth-order valence-corrected chi connectivity index (χ4v) is 6.20. The maximum absolute atomic E-state index is 12.3. The number of hydrogen-bond acceptors (Lipinski definition) is 3. The van der Waals surface area contributed by atoms with E-state index in [-0.39, 0.29) is 18.4 Å². The van der Waals surface area contributed by atoms with Gasteiger partial charge >= 0.3 is 0 Å². The van der Waals surface area contributed by atoms with Crippen molar-refractivity contribution in [1.82, 2.24) is 4.72 Å². The molecule has 4 unspecified atom stereocenters. The maximum atomic E-state index is 12.3. The fraction of sp³-hybridized carbons (Fsp3) is 0.625. The van der Waals surface area contributed by atoms with Crippen LogP contribution in [-0.4, -0.2) is 19.6 Å². The molecule has 3 saturated carbocycles. The first kappa shape index (κ1) is 13.7. The van der Waals surface area contributed by atoms with Gasteiger partial charge in [0.1, 0.15) is 0 Å². The average Bonchev–Trinajstić information content (AvgIpc) is 2.85. The van der Waals surface area contributed by atoms with Crippen LogP contribution in [0.4, 0.5) is 0 Å². The Morgan fingerprint density at radius 2 is 1.81 bits per heavy atom. The van der Waals surface area contributed by atoms with Gasteiger partial charge in [0, 0.05) is 6.04 Å². The molecule has 3 aliphatic rings. The lowest BCUT2D eigenvalue weighted by atomic mass is 10.0. The number of rotatable bonds is 5. The third kappa shape index (κ3) is 2.41. The van der Waals surface area contributed by atoms with Crippen LogP contribution in [0.1, 0.15) is 30.4 Å².